The van der Waals surface area contributed by atoms with Crippen LogP contribution in [0.4, 0.5) is 0 Å². The average Bonchev–Trinajstić information content (AvgIpc) is 3.07. The van der Waals surface area contributed by atoms with Gasteiger partial charge in [0.25, 0.3) is 0 Å². The highest BCUT2D eigenvalue weighted by molar-refractivity contribution is 7.09. The second-order valence-corrected chi connectivity index (χ2v) is 6.91. The van der Waals surface area contributed by atoms with E-state index < -0.39 is 0 Å². The molecule has 6 heteroatoms. The number of carbonyl (C=O) groups excluding carboxylic acids is 2. The predicted octanol–water partition coefficient (Wildman–Crippen LogP) is 2.07. The van der Waals surface area contributed by atoms with E-state index >= 15 is 0 Å². The fraction of sp³-hybridized carbons (Fsp3) is 0.647. The molecule has 1 aromatic rings. The van der Waals surface area contributed by atoms with Crippen molar-refractivity contribution in [3.05, 3.63) is 22.4 Å². The minimum absolute atomic E-state index is 0.0334. The number of carbonyl (C=O) groups is 2. The van der Waals surface area contributed by atoms with E-state index in [1.165, 1.54) is 4.88 Å². The summed E-state index contributed by atoms with van der Waals surface area (Å²) in [5.74, 6) is -0.210. The van der Waals surface area contributed by atoms with Crippen molar-refractivity contribution in [1.82, 2.24) is 10.2 Å². The Balaban J connectivity index is 1.77. The van der Waals surface area contributed by atoms with E-state index in [2.05, 4.69) is 16.3 Å². The molecule has 1 saturated heterocycles. The van der Waals surface area contributed by atoms with Crippen LogP contribution in [0.1, 0.15) is 31.6 Å². The quantitative estimate of drug-likeness (QED) is 0.773. The van der Waals surface area contributed by atoms with Crippen molar-refractivity contribution in [2.45, 2.75) is 39.2 Å². The van der Waals surface area contributed by atoms with E-state index in [1.807, 2.05) is 25.3 Å². The molecular formula is C17H26N2O3S. The molecule has 0 bridgehead atoms. The van der Waals surface area contributed by atoms with Crippen molar-refractivity contribution >= 4 is 23.2 Å². The Morgan fingerprint density at radius 3 is 3.04 bits per heavy atom. The number of nitrogens with zero attached hydrogens (tertiary/aromatic N) is 1. The van der Waals surface area contributed by atoms with Crippen molar-refractivity contribution in [3.63, 3.8) is 0 Å². The Kier molecular flexibility index (Phi) is 7.05. The Hall–Kier alpha value is -1.40. The molecule has 1 N–H and O–H groups in total. The van der Waals surface area contributed by atoms with Crippen LogP contribution in [0, 0.1) is 5.92 Å². The maximum Gasteiger partial charge on any atom is 0.310 e. The summed E-state index contributed by atoms with van der Waals surface area (Å²) in [6.45, 7) is 6.26. The number of rotatable bonds is 7. The van der Waals surface area contributed by atoms with Gasteiger partial charge in [-0.15, -0.1) is 11.3 Å². The van der Waals surface area contributed by atoms with Gasteiger partial charge in [-0.3, -0.25) is 14.5 Å². The highest BCUT2D eigenvalue weighted by Crippen LogP contribution is 2.20. The fourth-order valence-corrected chi connectivity index (χ4v) is 3.60. The van der Waals surface area contributed by atoms with Crippen LogP contribution in [-0.2, 0) is 20.7 Å². The summed E-state index contributed by atoms with van der Waals surface area (Å²) in [7, 11) is 0. The zero-order chi connectivity index (χ0) is 16.7. The zero-order valence-corrected chi connectivity index (χ0v) is 14.7. The molecule has 2 atom stereocenters. The maximum absolute atomic E-state index is 12.3. The lowest BCUT2D eigenvalue weighted by Gasteiger charge is -2.35. The van der Waals surface area contributed by atoms with Crippen LogP contribution in [0.5, 0.6) is 0 Å². The molecule has 1 aliphatic heterocycles. The van der Waals surface area contributed by atoms with E-state index in [9.17, 15) is 9.59 Å². The number of hydrogen-bond acceptors (Lipinski definition) is 5. The van der Waals surface area contributed by atoms with Crippen molar-refractivity contribution < 1.29 is 14.3 Å². The molecule has 0 radical (unpaired) electrons. The molecular weight excluding hydrogens is 312 g/mol. The number of thiophene rings is 1. The van der Waals surface area contributed by atoms with E-state index in [0.717, 1.165) is 25.8 Å². The van der Waals surface area contributed by atoms with Gasteiger partial charge in [-0.25, -0.2) is 0 Å². The van der Waals surface area contributed by atoms with Gasteiger partial charge >= 0.3 is 5.97 Å². The highest BCUT2D eigenvalue weighted by Gasteiger charge is 2.31. The summed E-state index contributed by atoms with van der Waals surface area (Å²) in [5.41, 5.74) is 0. The van der Waals surface area contributed by atoms with Gasteiger partial charge in [-0.2, -0.15) is 0 Å². The van der Waals surface area contributed by atoms with E-state index in [4.69, 9.17) is 4.74 Å². The number of nitrogens with one attached hydrogen (secondary N) is 1. The molecule has 5 nitrogen and oxygen atoms in total. The first-order valence-electron chi connectivity index (χ1n) is 8.32. The van der Waals surface area contributed by atoms with Crippen LogP contribution in [0.3, 0.4) is 0 Å². The third-order valence-corrected chi connectivity index (χ3v) is 5.19. The SMILES string of the molecule is CCOC(=O)C1CCCN(C(C)C(=O)NCCc2cccs2)C1. The smallest absolute Gasteiger partial charge is 0.310 e. The second-order valence-electron chi connectivity index (χ2n) is 5.88. The fourth-order valence-electron chi connectivity index (χ4n) is 2.89. The van der Waals surface area contributed by atoms with Crippen molar-refractivity contribution in [2.75, 3.05) is 26.2 Å². The molecule has 1 aliphatic rings. The Labute approximate surface area is 142 Å². The van der Waals surface area contributed by atoms with Crippen molar-refractivity contribution in [2.24, 2.45) is 5.92 Å². The maximum atomic E-state index is 12.3. The van der Waals surface area contributed by atoms with Crippen LogP contribution in [0.25, 0.3) is 0 Å². The molecule has 1 fully saturated rings. The van der Waals surface area contributed by atoms with Crippen LogP contribution in [0.15, 0.2) is 17.5 Å². The number of amides is 1. The van der Waals surface area contributed by atoms with Gasteiger partial charge in [0.2, 0.25) is 5.91 Å². The largest absolute Gasteiger partial charge is 0.466 e. The van der Waals surface area contributed by atoms with Gasteiger partial charge in [-0.1, -0.05) is 6.07 Å². The molecule has 0 saturated carbocycles. The second kappa shape index (κ2) is 9.03. The topological polar surface area (TPSA) is 58.6 Å². The lowest BCUT2D eigenvalue weighted by Crippen LogP contribution is -2.50. The zero-order valence-electron chi connectivity index (χ0n) is 13.9. The molecule has 128 valence electrons. The van der Waals surface area contributed by atoms with Crippen molar-refractivity contribution in [3.8, 4) is 0 Å². The molecule has 1 amide bonds. The average molecular weight is 338 g/mol. The predicted molar refractivity (Wildman–Crippen MR) is 91.4 cm³/mol. The van der Waals surface area contributed by atoms with Crippen LogP contribution in [0.2, 0.25) is 0 Å². The third-order valence-electron chi connectivity index (χ3n) is 4.25. The van der Waals surface area contributed by atoms with Gasteiger partial charge in [-0.05, 0) is 51.1 Å². The lowest BCUT2D eigenvalue weighted by molar-refractivity contribution is -0.151. The number of likely N-dealkylation sites (tertiary alicyclic amines) is 1. The van der Waals surface area contributed by atoms with Gasteiger partial charge in [0.15, 0.2) is 0 Å². The van der Waals surface area contributed by atoms with Crippen molar-refractivity contribution in [1.29, 1.82) is 0 Å². The molecule has 1 aromatic heterocycles. The summed E-state index contributed by atoms with van der Waals surface area (Å²) in [6.07, 6.45) is 2.64. The first kappa shape index (κ1) is 17.9. The summed E-state index contributed by atoms with van der Waals surface area (Å²) in [4.78, 5) is 27.6. The Morgan fingerprint density at radius 2 is 2.35 bits per heavy atom. The molecule has 2 heterocycles. The first-order valence-corrected chi connectivity index (χ1v) is 9.20. The molecule has 2 rings (SSSR count). The van der Waals surface area contributed by atoms with Gasteiger partial charge in [0.1, 0.15) is 0 Å². The molecule has 0 aromatic carbocycles. The first-order chi connectivity index (χ1) is 11.1. The van der Waals surface area contributed by atoms with E-state index in [1.54, 1.807) is 11.3 Å². The third kappa shape index (κ3) is 5.32. The summed E-state index contributed by atoms with van der Waals surface area (Å²) >= 11 is 1.71. The van der Waals surface area contributed by atoms with Gasteiger partial charge in [0.05, 0.1) is 18.6 Å². The molecule has 0 aliphatic carbocycles. The van der Waals surface area contributed by atoms with Crippen LogP contribution in [-0.4, -0.2) is 49.1 Å². The molecule has 23 heavy (non-hydrogen) atoms. The summed E-state index contributed by atoms with van der Waals surface area (Å²) < 4.78 is 5.11. The standard InChI is InChI=1S/C17H26N2O3S/c1-3-22-17(21)14-6-4-10-19(12-14)13(2)16(20)18-9-8-15-7-5-11-23-15/h5,7,11,13-14H,3-4,6,8-10,12H2,1-2H3,(H,18,20). The molecule has 2 unspecified atom stereocenters. The summed E-state index contributed by atoms with van der Waals surface area (Å²) in [5, 5.41) is 5.04. The van der Waals surface area contributed by atoms with Gasteiger partial charge in [0, 0.05) is 18.0 Å². The summed E-state index contributed by atoms with van der Waals surface area (Å²) in [6, 6.07) is 3.89. The number of hydrogen-bond donors (Lipinski definition) is 1. The number of esters is 1. The molecule has 0 spiro atoms. The Morgan fingerprint density at radius 1 is 1.52 bits per heavy atom. The number of ether oxygens (including phenoxy) is 1. The van der Waals surface area contributed by atoms with E-state index in [0.29, 0.717) is 19.7 Å². The van der Waals surface area contributed by atoms with Crippen LogP contribution >= 0.6 is 11.3 Å². The monoisotopic (exact) mass is 338 g/mol. The number of piperidine rings is 1. The minimum Gasteiger partial charge on any atom is -0.466 e. The minimum atomic E-state index is -0.212. The van der Waals surface area contributed by atoms with Gasteiger partial charge < -0.3 is 10.1 Å². The highest BCUT2D eigenvalue weighted by atomic mass is 32.1. The Bertz CT molecular complexity index is 504. The lowest BCUT2D eigenvalue weighted by atomic mass is 9.97. The van der Waals surface area contributed by atoms with E-state index in [-0.39, 0.29) is 23.8 Å². The van der Waals surface area contributed by atoms with Crippen LogP contribution < -0.4 is 5.32 Å². The normalized spacial score (nSPS) is 20.0.